The minimum Gasteiger partial charge on any atom is -0.332 e. The molecule has 0 saturated heterocycles. The second-order valence-electron chi connectivity index (χ2n) is 7.73. The quantitative estimate of drug-likeness (QED) is 0.653. The molecule has 0 saturated carbocycles. The predicted octanol–water partition coefficient (Wildman–Crippen LogP) is 3.04. The van der Waals surface area contributed by atoms with E-state index in [4.69, 9.17) is 4.52 Å². The number of para-hydroxylation sites is 1. The number of anilines is 1. The van der Waals surface area contributed by atoms with Crippen molar-refractivity contribution in [3.63, 3.8) is 0 Å². The Labute approximate surface area is 179 Å². The average Bonchev–Trinajstić information content (AvgIpc) is 3.40. The first-order valence-electron chi connectivity index (χ1n) is 10.3. The van der Waals surface area contributed by atoms with Gasteiger partial charge in [-0.15, -0.1) is 0 Å². The Kier molecular flexibility index (Phi) is 4.82. The normalized spacial score (nSPS) is 18.2. The fourth-order valence-corrected chi connectivity index (χ4v) is 4.07. The van der Waals surface area contributed by atoms with Crippen molar-refractivity contribution in [2.45, 2.75) is 32.2 Å². The van der Waals surface area contributed by atoms with Gasteiger partial charge in [-0.2, -0.15) is 10.1 Å². The number of aromatic nitrogens is 2. The monoisotopic (exact) mass is 415 g/mol. The molecule has 0 spiro atoms. The third kappa shape index (κ3) is 3.61. The summed E-state index contributed by atoms with van der Waals surface area (Å²) in [5, 5.41) is 9.63. The van der Waals surface area contributed by atoms with Crippen LogP contribution in [0.3, 0.4) is 0 Å². The summed E-state index contributed by atoms with van der Waals surface area (Å²) in [5.74, 6) is 0.371. The molecule has 3 heterocycles. The zero-order valence-corrected chi connectivity index (χ0v) is 17.1. The van der Waals surface area contributed by atoms with Gasteiger partial charge in [-0.25, -0.2) is 5.01 Å². The molecular weight excluding hydrogens is 394 g/mol. The highest BCUT2D eigenvalue weighted by molar-refractivity contribution is 6.03. The molecule has 8 nitrogen and oxygen atoms in total. The minimum atomic E-state index is -0.194. The van der Waals surface area contributed by atoms with Crippen LogP contribution in [0.4, 0.5) is 5.69 Å². The number of hydrazone groups is 1. The number of hydrogen-bond acceptors (Lipinski definition) is 6. The molecule has 0 bridgehead atoms. The molecule has 2 aromatic carbocycles. The smallest absolute Gasteiger partial charge is 0.274 e. The summed E-state index contributed by atoms with van der Waals surface area (Å²) in [5.41, 5.74) is 3.38. The van der Waals surface area contributed by atoms with E-state index in [-0.39, 0.29) is 36.7 Å². The van der Waals surface area contributed by atoms with Gasteiger partial charge < -0.3 is 9.42 Å². The molecule has 0 unspecified atom stereocenters. The molecule has 0 N–H and O–H groups in total. The molecule has 156 valence electrons. The van der Waals surface area contributed by atoms with Gasteiger partial charge in [0.15, 0.2) is 0 Å². The van der Waals surface area contributed by atoms with Crippen molar-refractivity contribution in [3.05, 3.63) is 66.1 Å². The van der Waals surface area contributed by atoms with Gasteiger partial charge in [-0.05, 0) is 25.0 Å². The third-order valence-corrected chi connectivity index (χ3v) is 5.57. The van der Waals surface area contributed by atoms with Crippen molar-refractivity contribution in [2.75, 3.05) is 11.4 Å². The molecule has 3 aromatic rings. The molecule has 0 fully saturated rings. The van der Waals surface area contributed by atoms with E-state index in [9.17, 15) is 9.59 Å². The number of amides is 2. The van der Waals surface area contributed by atoms with Crippen LogP contribution in [0.25, 0.3) is 11.4 Å². The van der Waals surface area contributed by atoms with E-state index >= 15 is 0 Å². The van der Waals surface area contributed by atoms with Gasteiger partial charge >= 0.3 is 0 Å². The first-order chi connectivity index (χ1) is 15.1. The maximum absolute atomic E-state index is 13.1. The first-order valence-corrected chi connectivity index (χ1v) is 10.3. The fourth-order valence-electron chi connectivity index (χ4n) is 4.07. The molecule has 2 amide bonds. The first kappa shape index (κ1) is 19.2. The lowest BCUT2D eigenvalue weighted by atomic mass is 10.1. The summed E-state index contributed by atoms with van der Waals surface area (Å²) in [4.78, 5) is 31.7. The topological polar surface area (TPSA) is 91.9 Å². The van der Waals surface area contributed by atoms with Gasteiger partial charge in [0, 0.05) is 30.1 Å². The van der Waals surface area contributed by atoms with Gasteiger partial charge in [-0.3, -0.25) is 9.59 Å². The zero-order chi connectivity index (χ0) is 21.4. The summed E-state index contributed by atoms with van der Waals surface area (Å²) in [7, 11) is 0. The highest BCUT2D eigenvalue weighted by Gasteiger charge is 2.33. The molecule has 5 rings (SSSR count). The molecule has 2 aliphatic heterocycles. The third-order valence-electron chi connectivity index (χ3n) is 5.57. The van der Waals surface area contributed by atoms with E-state index in [1.54, 1.807) is 4.90 Å². The van der Waals surface area contributed by atoms with Gasteiger partial charge in [-0.1, -0.05) is 53.7 Å². The molecule has 1 aromatic heterocycles. The molecule has 31 heavy (non-hydrogen) atoms. The van der Waals surface area contributed by atoms with Crippen LogP contribution in [0.1, 0.15) is 31.2 Å². The summed E-state index contributed by atoms with van der Waals surface area (Å²) in [6, 6.07) is 17.4. The highest BCUT2D eigenvalue weighted by atomic mass is 16.5. The van der Waals surface area contributed by atoms with Gasteiger partial charge in [0.05, 0.1) is 0 Å². The van der Waals surface area contributed by atoms with E-state index in [0.29, 0.717) is 18.0 Å². The number of carbonyl (C=O) groups is 2. The Balaban J connectivity index is 1.36. The van der Waals surface area contributed by atoms with E-state index in [1.807, 2.05) is 61.5 Å². The maximum Gasteiger partial charge on any atom is 0.274 e. The van der Waals surface area contributed by atoms with Gasteiger partial charge in [0.25, 0.3) is 5.89 Å². The largest absolute Gasteiger partial charge is 0.332 e. The summed E-state index contributed by atoms with van der Waals surface area (Å²) < 4.78 is 5.39. The molecular formula is C23H21N5O3. The van der Waals surface area contributed by atoms with Crippen LogP contribution in [-0.4, -0.2) is 45.3 Å². The lowest BCUT2D eigenvalue weighted by Crippen LogP contribution is -2.44. The minimum absolute atomic E-state index is 0.0395. The zero-order valence-electron chi connectivity index (χ0n) is 17.1. The van der Waals surface area contributed by atoms with Crippen LogP contribution in [0.5, 0.6) is 0 Å². The molecule has 0 aliphatic carbocycles. The SMILES string of the molecule is C[C@H]1Cc2ccccc2N1C(=O)CN1N=C(c2nc(-c3ccccc3)no2)CCC1=O. The summed E-state index contributed by atoms with van der Waals surface area (Å²) in [6.07, 6.45) is 1.43. The Morgan fingerprint density at radius 3 is 2.71 bits per heavy atom. The molecule has 2 aliphatic rings. The second kappa shape index (κ2) is 7.79. The van der Waals surface area contributed by atoms with E-state index in [2.05, 4.69) is 15.2 Å². The lowest BCUT2D eigenvalue weighted by Gasteiger charge is -2.27. The molecule has 1 atom stereocenters. The summed E-state index contributed by atoms with van der Waals surface area (Å²) >= 11 is 0. The predicted molar refractivity (Wildman–Crippen MR) is 114 cm³/mol. The van der Waals surface area contributed by atoms with Crippen LogP contribution in [0, 0.1) is 0 Å². The highest BCUT2D eigenvalue weighted by Crippen LogP contribution is 2.32. The van der Waals surface area contributed by atoms with Crippen molar-refractivity contribution in [3.8, 4) is 11.4 Å². The van der Waals surface area contributed by atoms with Gasteiger partial charge in [0.1, 0.15) is 12.3 Å². The van der Waals surface area contributed by atoms with Crippen molar-refractivity contribution < 1.29 is 14.1 Å². The van der Waals surface area contributed by atoms with Crippen molar-refractivity contribution in [1.29, 1.82) is 0 Å². The van der Waals surface area contributed by atoms with Crippen LogP contribution in [0.2, 0.25) is 0 Å². The maximum atomic E-state index is 13.1. The number of nitrogens with zero attached hydrogens (tertiary/aromatic N) is 5. The number of fused-ring (bicyclic) bond motifs is 1. The number of benzene rings is 2. The van der Waals surface area contributed by atoms with Crippen LogP contribution in [-0.2, 0) is 16.0 Å². The van der Waals surface area contributed by atoms with Crippen LogP contribution in [0.15, 0.2) is 64.2 Å². The Hall–Kier alpha value is -3.81. The van der Waals surface area contributed by atoms with Crippen molar-refractivity contribution in [2.24, 2.45) is 5.10 Å². The Bertz CT molecular complexity index is 1170. The Morgan fingerprint density at radius 1 is 1.10 bits per heavy atom. The fraction of sp³-hybridized carbons (Fsp3) is 0.261. The lowest BCUT2D eigenvalue weighted by molar-refractivity contribution is -0.135. The van der Waals surface area contributed by atoms with E-state index in [0.717, 1.165) is 23.2 Å². The number of carbonyl (C=O) groups excluding carboxylic acids is 2. The van der Waals surface area contributed by atoms with Crippen LogP contribution >= 0.6 is 0 Å². The average molecular weight is 415 g/mol. The molecule has 0 radical (unpaired) electrons. The second-order valence-corrected chi connectivity index (χ2v) is 7.73. The van der Waals surface area contributed by atoms with Crippen LogP contribution < -0.4 is 4.90 Å². The molecule has 8 heteroatoms. The number of rotatable bonds is 4. The van der Waals surface area contributed by atoms with E-state index < -0.39 is 0 Å². The van der Waals surface area contributed by atoms with Crippen molar-refractivity contribution >= 4 is 23.2 Å². The standard InChI is InChI=1S/C23H21N5O3/c1-15-13-17-9-5-6-10-19(17)28(15)21(30)14-27-20(29)12-11-18(25-27)23-24-22(26-31-23)16-7-3-2-4-8-16/h2-10,15H,11-14H2,1H3/t15-/m0/s1. The Morgan fingerprint density at radius 2 is 1.87 bits per heavy atom. The van der Waals surface area contributed by atoms with E-state index in [1.165, 1.54) is 5.01 Å². The summed E-state index contributed by atoms with van der Waals surface area (Å²) in [6.45, 7) is 1.88. The van der Waals surface area contributed by atoms with Gasteiger partial charge in [0.2, 0.25) is 17.6 Å². The number of hydrogen-bond donors (Lipinski definition) is 0. The van der Waals surface area contributed by atoms with Crippen molar-refractivity contribution in [1.82, 2.24) is 15.1 Å².